The maximum absolute atomic E-state index is 11.9. The van der Waals surface area contributed by atoms with Gasteiger partial charge in [-0.3, -0.25) is 4.79 Å². The average molecular weight is 287 g/mol. The Morgan fingerprint density at radius 1 is 1.38 bits per heavy atom. The van der Waals surface area contributed by atoms with Gasteiger partial charge in [-0.15, -0.1) is 0 Å². The maximum atomic E-state index is 11.9. The fraction of sp³-hybridized carbons (Fsp3) is 0.500. The van der Waals surface area contributed by atoms with Gasteiger partial charge in [-0.2, -0.15) is 0 Å². The van der Waals surface area contributed by atoms with Gasteiger partial charge in [-0.25, -0.2) is 0 Å². The van der Waals surface area contributed by atoms with Gasteiger partial charge in [0.15, 0.2) is 0 Å². The van der Waals surface area contributed by atoms with Crippen molar-refractivity contribution in [2.75, 3.05) is 6.61 Å². The number of hydrogen-bond acceptors (Lipinski definition) is 2. The lowest BCUT2D eigenvalue weighted by molar-refractivity contribution is -0.122. The number of nitrogens with one attached hydrogen (secondary N) is 1. The molecule has 114 valence electrons. The molecule has 3 nitrogen and oxygen atoms in total. The maximum Gasteiger partial charge on any atom is 0.220 e. The summed E-state index contributed by atoms with van der Waals surface area (Å²) in [4.78, 5) is 11.9. The smallest absolute Gasteiger partial charge is 0.220 e. The van der Waals surface area contributed by atoms with E-state index in [1.807, 2.05) is 31.2 Å². The molecule has 0 aliphatic carbocycles. The minimum atomic E-state index is -0.0267. The summed E-state index contributed by atoms with van der Waals surface area (Å²) in [5.41, 5.74) is 1.95. The number of aliphatic hydroxyl groups excluding tert-OH is 1. The first-order chi connectivity index (χ1) is 10.1. The first-order valence-corrected chi connectivity index (χ1v) is 7.55. The second kappa shape index (κ2) is 9.20. The molecule has 0 aliphatic rings. The predicted molar refractivity (Wildman–Crippen MR) is 85.7 cm³/mol. The Kier molecular flexibility index (Phi) is 7.56. The van der Waals surface area contributed by atoms with E-state index in [-0.39, 0.29) is 18.6 Å². The lowest BCUT2D eigenvalue weighted by Gasteiger charge is -2.16. The number of carbonyl (C=O) groups excluding carboxylic acids is 1. The van der Waals surface area contributed by atoms with Gasteiger partial charge in [-0.05, 0) is 30.5 Å². The van der Waals surface area contributed by atoms with Gasteiger partial charge in [-0.1, -0.05) is 44.2 Å². The van der Waals surface area contributed by atoms with E-state index >= 15 is 0 Å². The van der Waals surface area contributed by atoms with Gasteiger partial charge in [0.25, 0.3) is 0 Å². The lowest BCUT2D eigenvalue weighted by Crippen LogP contribution is -2.27. The Labute approximate surface area is 127 Å². The van der Waals surface area contributed by atoms with Crippen molar-refractivity contribution in [2.24, 2.45) is 5.92 Å². The molecule has 1 rings (SSSR count). The molecule has 1 amide bonds. The Morgan fingerprint density at radius 2 is 2.14 bits per heavy atom. The van der Waals surface area contributed by atoms with Crippen molar-refractivity contribution >= 4 is 5.91 Å². The van der Waals surface area contributed by atoms with E-state index in [2.05, 4.69) is 31.0 Å². The predicted octanol–water partition coefficient (Wildman–Crippen LogP) is 3.03. The molecule has 0 fully saturated rings. The van der Waals surface area contributed by atoms with E-state index in [4.69, 9.17) is 5.11 Å². The van der Waals surface area contributed by atoms with Gasteiger partial charge in [0.2, 0.25) is 5.91 Å². The summed E-state index contributed by atoms with van der Waals surface area (Å²) in [6, 6.07) is 7.82. The average Bonchev–Trinajstić information content (AvgIpc) is 2.47. The molecule has 0 saturated carbocycles. The highest BCUT2D eigenvalue weighted by Gasteiger charge is 2.12. The third-order valence-corrected chi connectivity index (χ3v) is 3.46. The van der Waals surface area contributed by atoms with Crippen LogP contribution in [0, 0.1) is 17.8 Å². The molecule has 1 aromatic rings. The van der Waals surface area contributed by atoms with E-state index in [1.54, 1.807) is 0 Å². The van der Waals surface area contributed by atoms with Crippen LogP contribution in [0.15, 0.2) is 24.3 Å². The van der Waals surface area contributed by atoms with E-state index in [1.165, 1.54) is 0 Å². The van der Waals surface area contributed by atoms with Gasteiger partial charge < -0.3 is 10.4 Å². The fourth-order valence-electron chi connectivity index (χ4n) is 1.95. The van der Waals surface area contributed by atoms with E-state index in [0.717, 1.165) is 17.5 Å². The van der Waals surface area contributed by atoms with Crippen LogP contribution in [0.3, 0.4) is 0 Å². The summed E-state index contributed by atoms with van der Waals surface area (Å²) in [6.07, 6.45) is 2.06. The van der Waals surface area contributed by atoms with Crippen molar-refractivity contribution in [3.05, 3.63) is 35.4 Å². The molecule has 2 N–H and O–H groups in total. The quantitative estimate of drug-likeness (QED) is 0.790. The summed E-state index contributed by atoms with van der Waals surface area (Å²) in [5, 5.41) is 11.8. The Hall–Kier alpha value is -1.79. The molecule has 21 heavy (non-hydrogen) atoms. The normalized spacial score (nSPS) is 13.0. The van der Waals surface area contributed by atoms with Crippen molar-refractivity contribution in [2.45, 2.75) is 46.1 Å². The number of rotatable bonds is 6. The third kappa shape index (κ3) is 6.46. The van der Waals surface area contributed by atoms with Crippen molar-refractivity contribution in [1.29, 1.82) is 0 Å². The zero-order valence-electron chi connectivity index (χ0n) is 13.1. The number of amides is 1. The second-order valence-electron chi connectivity index (χ2n) is 5.41. The summed E-state index contributed by atoms with van der Waals surface area (Å²) >= 11 is 0. The highest BCUT2D eigenvalue weighted by Crippen LogP contribution is 2.15. The van der Waals surface area contributed by atoms with Gasteiger partial charge in [0.1, 0.15) is 0 Å². The van der Waals surface area contributed by atoms with Crippen LogP contribution < -0.4 is 5.32 Å². The monoisotopic (exact) mass is 287 g/mol. The molecule has 0 radical (unpaired) electrons. The molecule has 3 heteroatoms. The second-order valence-corrected chi connectivity index (χ2v) is 5.41. The molecule has 0 bridgehead atoms. The Bertz CT molecular complexity index is 513. The van der Waals surface area contributed by atoms with Crippen LogP contribution in [0.1, 0.15) is 57.2 Å². The van der Waals surface area contributed by atoms with Crippen molar-refractivity contribution in [3.63, 3.8) is 0 Å². The van der Waals surface area contributed by atoms with Crippen molar-refractivity contribution in [3.8, 4) is 11.8 Å². The van der Waals surface area contributed by atoms with Gasteiger partial charge in [0, 0.05) is 18.4 Å². The zero-order valence-corrected chi connectivity index (χ0v) is 13.1. The molecule has 0 aromatic heterocycles. The highest BCUT2D eigenvalue weighted by atomic mass is 16.2. The molecular formula is C18H25NO2. The molecule has 0 heterocycles. The van der Waals surface area contributed by atoms with Crippen molar-refractivity contribution in [1.82, 2.24) is 5.32 Å². The standard InChI is InChI=1S/C18H25NO2/c1-4-14(2)12-18(21)19-15(3)17-10-7-9-16(13-17)8-5-6-11-20/h7,9-10,13-15,20H,4,6,11-12H2,1-3H3,(H,19,21). The Balaban J connectivity index is 2.66. The van der Waals surface area contributed by atoms with Crippen LogP contribution in [0.4, 0.5) is 0 Å². The van der Waals surface area contributed by atoms with Gasteiger partial charge >= 0.3 is 0 Å². The third-order valence-electron chi connectivity index (χ3n) is 3.46. The van der Waals surface area contributed by atoms with E-state index in [9.17, 15) is 4.79 Å². The van der Waals surface area contributed by atoms with Crippen LogP contribution in [-0.2, 0) is 4.79 Å². The molecule has 2 atom stereocenters. The molecule has 2 unspecified atom stereocenters. The van der Waals surface area contributed by atoms with Crippen LogP contribution in [0.2, 0.25) is 0 Å². The highest BCUT2D eigenvalue weighted by molar-refractivity contribution is 5.76. The largest absolute Gasteiger partial charge is 0.395 e. The van der Waals surface area contributed by atoms with E-state index < -0.39 is 0 Å². The first kappa shape index (κ1) is 17.3. The molecule has 0 spiro atoms. The van der Waals surface area contributed by atoms with Crippen LogP contribution in [-0.4, -0.2) is 17.6 Å². The summed E-state index contributed by atoms with van der Waals surface area (Å²) in [7, 11) is 0. The van der Waals surface area contributed by atoms with Crippen LogP contribution >= 0.6 is 0 Å². The van der Waals surface area contributed by atoms with Crippen molar-refractivity contribution < 1.29 is 9.90 Å². The Morgan fingerprint density at radius 3 is 2.81 bits per heavy atom. The van der Waals surface area contributed by atoms with E-state index in [0.29, 0.717) is 18.8 Å². The molecule has 1 aromatic carbocycles. The zero-order chi connectivity index (χ0) is 15.7. The molecule has 0 aliphatic heterocycles. The summed E-state index contributed by atoms with van der Waals surface area (Å²) < 4.78 is 0. The molecular weight excluding hydrogens is 262 g/mol. The lowest BCUT2D eigenvalue weighted by atomic mass is 10.0. The molecule has 0 saturated heterocycles. The number of benzene rings is 1. The minimum Gasteiger partial charge on any atom is -0.395 e. The number of hydrogen-bond donors (Lipinski definition) is 2. The number of carbonyl (C=O) groups is 1. The fourth-order valence-corrected chi connectivity index (χ4v) is 1.95. The topological polar surface area (TPSA) is 49.3 Å². The first-order valence-electron chi connectivity index (χ1n) is 7.55. The summed E-state index contributed by atoms with van der Waals surface area (Å²) in [6.45, 7) is 6.24. The van der Waals surface area contributed by atoms with Gasteiger partial charge in [0.05, 0.1) is 12.6 Å². The number of aliphatic hydroxyl groups is 1. The SMILES string of the molecule is CCC(C)CC(=O)NC(C)c1cccc(C#CCCO)c1. The minimum absolute atomic E-state index is 0.0267. The van der Waals surface area contributed by atoms with Crippen LogP contribution in [0.25, 0.3) is 0 Å². The van der Waals surface area contributed by atoms with Crippen LogP contribution in [0.5, 0.6) is 0 Å². The summed E-state index contributed by atoms with van der Waals surface area (Å²) in [5.74, 6) is 6.42.